The normalized spacial score (nSPS) is 19.7. The van der Waals surface area contributed by atoms with Gasteiger partial charge in [-0.3, -0.25) is 0 Å². The smallest absolute Gasteiger partial charge is 0.406 e. The molecule has 1 saturated carbocycles. The Hall–Kier alpha value is -2.41. The first-order valence-corrected chi connectivity index (χ1v) is 11.8. The van der Waals surface area contributed by atoms with Gasteiger partial charge in [0.2, 0.25) is 0 Å². The molecule has 0 N–H and O–H groups in total. The summed E-state index contributed by atoms with van der Waals surface area (Å²) >= 11 is 0. The van der Waals surface area contributed by atoms with Gasteiger partial charge < -0.3 is 4.74 Å². The van der Waals surface area contributed by atoms with Crippen molar-refractivity contribution >= 4 is 0 Å². The van der Waals surface area contributed by atoms with Gasteiger partial charge in [0.05, 0.1) is 0 Å². The van der Waals surface area contributed by atoms with Crippen LogP contribution in [0.4, 0.5) is 13.2 Å². The summed E-state index contributed by atoms with van der Waals surface area (Å²) < 4.78 is 40.6. The van der Waals surface area contributed by atoms with Gasteiger partial charge in [0.25, 0.3) is 0 Å². The van der Waals surface area contributed by atoms with Gasteiger partial charge in [-0.1, -0.05) is 69.9 Å². The van der Waals surface area contributed by atoms with Gasteiger partial charge in [-0.2, -0.15) is 0 Å². The molecule has 1 aliphatic carbocycles. The van der Waals surface area contributed by atoms with E-state index in [1.807, 2.05) is 12.1 Å². The van der Waals surface area contributed by atoms with Crippen molar-refractivity contribution in [3.05, 3.63) is 65.2 Å². The lowest BCUT2D eigenvalue weighted by Crippen LogP contribution is -2.21. The van der Waals surface area contributed by atoms with Crippen molar-refractivity contribution in [1.82, 2.24) is 0 Å². The number of rotatable bonds is 7. The summed E-state index contributed by atoms with van der Waals surface area (Å²) in [5.41, 5.74) is 2.88. The van der Waals surface area contributed by atoms with E-state index in [1.165, 1.54) is 74.8 Å². The predicted molar refractivity (Wildman–Crippen MR) is 123 cm³/mol. The molecule has 2 aromatic carbocycles. The van der Waals surface area contributed by atoms with E-state index in [4.69, 9.17) is 0 Å². The molecule has 1 nitrogen and oxygen atoms in total. The van der Waals surface area contributed by atoms with Crippen molar-refractivity contribution < 1.29 is 17.9 Å². The highest BCUT2D eigenvalue weighted by molar-refractivity contribution is 5.44. The zero-order valence-electron chi connectivity index (χ0n) is 19.0. The zero-order valence-corrected chi connectivity index (χ0v) is 19.0. The second kappa shape index (κ2) is 11.5. The van der Waals surface area contributed by atoms with Crippen molar-refractivity contribution in [2.24, 2.45) is 17.8 Å². The molecule has 2 aromatic rings. The molecule has 0 amide bonds. The standard InChI is InChI=1S/C28H33F3O/c1-3-4-5-22-12-16-26(17-13-22)21(2)20-25-10-8-23(9-11-25)6-7-24-14-18-27(19-15-24)32-28(29,30)31/h8-11,14-15,18-19,21-22,26H,3-5,12-13,16-17,20H2,1-2H3. The van der Waals surface area contributed by atoms with Gasteiger partial charge in [0.1, 0.15) is 5.75 Å². The van der Waals surface area contributed by atoms with Crippen molar-refractivity contribution in [2.75, 3.05) is 0 Å². The van der Waals surface area contributed by atoms with Crippen LogP contribution in [0.5, 0.6) is 5.75 Å². The third kappa shape index (κ3) is 7.93. The summed E-state index contributed by atoms with van der Waals surface area (Å²) in [5.74, 6) is 8.31. The molecule has 0 spiro atoms. The van der Waals surface area contributed by atoms with E-state index in [-0.39, 0.29) is 5.75 Å². The number of ether oxygens (including phenoxy) is 1. The number of benzene rings is 2. The molecule has 0 saturated heterocycles. The maximum absolute atomic E-state index is 12.2. The quantitative estimate of drug-likeness (QED) is 0.393. The number of alkyl halides is 3. The molecule has 1 atom stereocenters. The van der Waals surface area contributed by atoms with Gasteiger partial charge in [-0.25, -0.2) is 0 Å². The summed E-state index contributed by atoms with van der Waals surface area (Å²) in [6, 6.07) is 14.0. The molecule has 4 heteroatoms. The van der Waals surface area contributed by atoms with Crippen LogP contribution in [0.1, 0.15) is 75.5 Å². The average molecular weight is 443 g/mol. The molecule has 0 heterocycles. The van der Waals surface area contributed by atoms with Crippen LogP contribution >= 0.6 is 0 Å². The van der Waals surface area contributed by atoms with Crippen molar-refractivity contribution in [3.8, 4) is 17.6 Å². The Labute approximate surface area is 190 Å². The second-order valence-corrected chi connectivity index (χ2v) is 9.12. The van der Waals surface area contributed by atoms with Crippen LogP contribution in [0.15, 0.2) is 48.5 Å². The Bertz CT molecular complexity index is 880. The van der Waals surface area contributed by atoms with Crippen LogP contribution in [0.25, 0.3) is 0 Å². The van der Waals surface area contributed by atoms with Crippen LogP contribution in [0.3, 0.4) is 0 Å². The topological polar surface area (TPSA) is 9.23 Å². The predicted octanol–water partition coefficient (Wildman–Crippen LogP) is 8.16. The third-order valence-corrected chi connectivity index (χ3v) is 6.61. The summed E-state index contributed by atoms with van der Waals surface area (Å²) in [6.07, 6.45) is 6.03. The SMILES string of the molecule is CCCCC1CCC(C(C)Cc2ccc(C#Cc3ccc(OC(F)(F)F)cc3)cc2)CC1. The summed E-state index contributed by atoms with van der Waals surface area (Å²) in [7, 11) is 0. The first-order valence-electron chi connectivity index (χ1n) is 11.8. The first kappa shape index (κ1) is 24.2. The van der Waals surface area contributed by atoms with Gasteiger partial charge in [0, 0.05) is 11.1 Å². The second-order valence-electron chi connectivity index (χ2n) is 9.12. The van der Waals surface area contributed by atoms with Crippen molar-refractivity contribution in [2.45, 2.75) is 71.6 Å². The minimum atomic E-state index is -4.68. The monoisotopic (exact) mass is 442 g/mol. The Morgan fingerprint density at radius 1 is 0.906 bits per heavy atom. The van der Waals surface area contributed by atoms with E-state index in [1.54, 1.807) is 0 Å². The van der Waals surface area contributed by atoms with E-state index in [0.717, 1.165) is 23.8 Å². The van der Waals surface area contributed by atoms with Crippen LogP contribution < -0.4 is 4.74 Å². The van der Waals surface area contributed by atoms with E-state index in [9.17, 15) is 13.2 Å². The Balaban J connectivity index is 1.49. The fourth-order valence-corrected chi connectivity index (χ4v) is 4.69. The first-order chi connectivity index (χ1) is 15.3. The van der Waals surface area contributed by atoms with Gasteiger partial charge >= 0.3 is 6.36 Å². The van der Waals surface area contributed by atoms with E-state index < -0.39 is 6.36 Å². The fourth-order valence-electron chi connectivity index (χ4n) is 4.69. The van der Waals surface area contributed by atoms with Crippen molar-refractivity contribution in [1.29, 1.82) is 0 Å². The summed E-state index contributed by atoms with van der Waals surface area (Å²) in [5, 5.41) is 0. The number of unbranched alkanes of at least 4 members (excludes halogenated alkanes) is 1. The molecular formula is C28H33F3O. The van der Waals surface area contributed by atoms with E-state index >= 15 is 0 Å². The Kier molecular flexibility index (Phi) is 8.67. The van der Waals surface area contributed by atoms with Gasteiger partial charge in [0.15, 0.2) is 0 Å². The van der Waals surface area contributed by atoms with E-state index in [0.29, 0.717) is 11.5 Å². The molecule has 0 aliphatic heterocycles. The molecule has 172 valence electrons. The number of hydrogen-bond donors (Lipinski definition) is 0. The highest BCUT2D eigenvalue weighted by Gasteiger charge is 2.31. The van der Waals surface area contributed by atoms with E-state index in [2.05, 4.69) is 42.6 Å². The lowest BCUT2D eigenvalue weighted by atomic mass is 9.73. The average Bonchev–Trinajstić information content (AvgIpc) is 2.77. The van der Waals surface area contributed by atoms with Crippen LogP contribution in [0.2, 0.25) is 0 Å². The Morgan fingerprint density at radius 2 is 1.47 bits per heavy atom. The Morgan fingerprint density at radius 3 is 2.00 bits per heavy atom. The number of halogens is 3. The molecular weight excluding hydrogens is 409 g/mol. The highest BCUT2D eigenvalue weighted by Crippen LogP contribution is 2.36. The lowest BCUT2D eigenvalue weighted by molar-refractivity contribution is -0.274. The highest BCUT2D eigenvalue weighted by atomic mass is 19.4. The molecule has 0 radical (unpaired) electrons. The minimum Gasteiger partial charge on any atom is -0.406 e. The molecule has 1 fully saturated rings. The fraction of sp³-hybridized carbons (Fsp3) is 0.500. The molecule has 0 bridgehead atoms. The molecule has 0 aromatic heterocycles. The maximum Gasteiger partial charge on any atom is 0.573 e. The maximum atomic E-state index is 12.2. The number of hydrogen-bond acceptors (Lipinski definition) is 1. The molecule has 32 heavy (non-hydrogen) atoms. The molecule has 1 aliphatic rings. The summed E-state index contributed by atoms with van der Waals surface area (Å²) in [4.78, 5) is 0. The van der Waals surface area contributed by atoms with Crippen LogP contribution in [-0.4, -0.2) is 6.36 Å². The zero-order chi connectivity index (χ0) is 23.0. The van der Waals surface area contributed by atoms with Crippen LogP contribution in [0, 0.1) is 29.6 Å². The van der Waals surface area contributed by atoms with Crippen molar-refractivity contribution in [3.63, 3.8) is 0 Å². The molecule has 1 unspecified atom stereocenters. The minimum absolute atomic E-state index is 0.240. The lowest BCUT2D eigenvalue weighted by Gasteiger charge is -2.32. The summed E-state index contributed by atoms with van der Waals surface area (Å²) in [6.45, 7) is 4.66. The molecule has 3 rings (SSSR count). The third-order valence-electron chi connectivity index (χ3n) is 6.61. The van der Waals surface area contributed by atoms with Gasteiger partial charge in [-0.15, -0.1) is 13.2 Å². The largest absolute Gasteiger partial charge is 0.573 e. The van der Waals surface area contributed by atoms with Gasteiger partial charge in [-0.05, 0) is 79.0 Å². The van der Waals surface area contributed by atoms with Crippen LogP contribution in [-0.2, 0) is 6.42 Å².